The maximum absolute atomic E-state index is 14.4. The van der Waals surface area contributed by atoms with Gasteiger partial charge in [-0.15, -0.1) is 0 Å². The molecule has 19 heterocycles. The highest BCUT2D eigenvalue weighted by atomic mass is 31.2. The number of anilines is 4. The average Bonchev–Trinajstić information content (AvgIpc) is 1.63. The molecule has 19 rings (SSSR count). The van der Waals surface area contributed by atoms with Crippen molar-refractivity contribution >= 4 is 91.6 Å². The molecule has 9 fully saturated rings. The fourth-order valence-electron chi connectivity index (χ4n) is 17.4. The van der Waals surface area contributed by atoms with Crippen LogP contribution in [0.15, 0.2) is 77.6 Å². The third-order valence-corrected chi connectivity index (χ3v) is 30.5. The minimum absolute atomic E-state index is 0.0409. The van der Waals surface area contributed by atoms with Crippen LogP contribution in [0.25, 0.3) is 44.7 Å². The van der Waals surface area contributed by atoms with Crippen LogP contribution in [0.3, 0.4) is 0 Å². The first kappa shape index (κ1) is 93.8. The Balaban J connectivity index is 0.000000138. The van der Waals surface area contributed by atoms with E-state index in [1.165, 1.54) is 74.0 Å². The molecule has 0 aliphatic carbocycles. The number of aromatic nitrogens is 20. The van der Waals surface area contributed by atoms with E-state index in [1.807, 2.05) is 0 Å². The molecule has 9 aliphatic rings. The first-order valence-electron chi connectivity index (χ1n) is 42.4. The average molecular weight is 1910 g/mol. The molecule has 0 saturated carbocycles. The fraction of sp³-hybridized carbons (Fsp3) is 0.616. The van der Waals surface area contributed by atoms with Gasteiger partial charge in [-0.25, -0.2) is 67.2 Å². The molecule has 59 heteroatoms. The standard InChI is InChI=1S/C25H35N8O10P.C24H32N11O9P.C24H33N8O10P/c1-13-8-32(25(37)30-23(13)36)17-7-14(15(9-34)41-17)43-44(38,31-5-3-4-6-31)40-10-16-19(35)20(39-2)24(42-16)33-12-29-18-21(26)27-11-28-22(18)33;25-23-29-19-17(21(38)31-23)27-9-34(19)15-5-11(37)14(43-15)8-41-45(40,33-3-1-2-4-33)44-12-6-16(42-13(12)7-36)35-10-28-18-20(35)30-24(26)32-22(18)39;1-12-8-31(24(37)29-21(12)35)17-6-13(34)16(41-17)10-39-43(38,30-4-2-3-5-30)42-14-7-18(40-15(14)9-33)32-11-26-19-20(32)27-23(25)28-22(19)36/h8,11-12,14-17,19-20,24,34-35H,3-7,9-10H2,1-2H3,(H2,26,27,28)(H,30,36,37);9-16,36-37H,1-8H2,(H3,25,29,31,38)(H3,26,30,32,39);8,11,13-18,33-34H,2-7,9-10H2,1H3,(H,29,35,37)(H3,25,27,28,36)/t14-,15-,16-,17-,19+,20?,24-,44?;11-,12-,13-,14-,15-,16-,45?;13-,14-,15-,16-,17-,18-,43?/m111/s1. The second-order valence-corrected chi connectivity index (χ2v) is 38.8. The van der Waals surface area contributed by atoms with Crippen LogP contribution in [0, 0.1) is 13.8 Å². The topological polar surface area (TPSA) is 750 Å². The summed E-state index contributed by atoms with van der Waals surface area (Å²) in [7, 11) is -10.6. The van der Waals surface area contributed by atoms with Crippen molar-refractivity contribution in [1.82, 2.24) is 111 Å². The van der Waals surface area contributed by atoms with Crippen molar-refractivity contribution in [3.63, 3.8) is 0 Å². The zero-order valence-electron chi connectivity index (χ0n) is 71.0. The number of aliphatic hydroxyl groups is 6. The Kier molecular flexibility index (Phi) is 27.5. The summed E-state index contributed by atoms with van der Waals surface area (Å²) < 4.78 is 134. The summed E-state index contributed by atoms with van der Waals surface area (Å²) in [6, 6.07) is 0. The van der Waals surface area contributed by atoms with Gasteiger partial charge in [0.1, 0.15) is 110 Å². The predicted octanol–water partition coefficient (Wildman–Crippen LogP) is -2.53. The number of nitrogens with one attached hydrogen (secondary N) is 5. The van der Waals surface area contributed by atoms with E-state index >= 15 is 0 Å². The molecule has 9 saturated heterocycles. The van der Waals surface area contributed by atoms with Crippen molar-refractivity contribution in [1.29, 1.82) is 0 Å². The molecular weight excluding hydrogens is 1810 g/mol. The van der Waals surface area contributed by atoms with Crippen molar-refractivity contribution in [3.05, 3.63) is 128 Å². The van der Waals surface area contributed by atoms with Crippen LogP contribution < -0.4 is 62.1 Å². The number of fused-ring (bicyclic) bond motifs is 4. The van der Waals surface area contributed by atoms with Crippen LogP contribution in [0.4, 0.5) is 23.7 Å². The maximum Gasteiger partial charge on any atom is 0.408 e. The first-order chi connectivity index (χ1) is 63.3. The molecule has 56 nitrogen and oxygen atoms in total. The van der Waals surface area contributed by atoms with Crippen molar-refractivity contribution < 1.29 is 105 Å². The summed E-state index contributed by atoms with van der Waals surface area (Å²) in [5.74, 6) is -0.106. The molecule has 132 heavy (non-hydrogen) atoms. The smallest absolute Gasteiger partial charge is 0.394 e. The SMILES string of the molecule is COC1[C@@H](O)[C@@H](COP(=O)(O[C@@H]2C[C@H](n3cc(C)c(=O)[nH]c3=O)O[C@@H]2CO)N2CCCC2)O[C@H]1n1cnc2c(N)ncnc21.Cc1cn([C@H]2C[C@@H](O)[C@@H](COP(=O)(O[C@@H]3C[C@H](n4cnc5c(=O)[nH]c(N)nc54)O[C@@H]3CO)N3CCCC3)O2)c(=O)[nH]c1=O.Nc1nc2c(ncn2[C@H]2C[C@@H](O)[C@@H](COP(=O)(O[C@@H]3C[C@H](n4cnc5c(=O)[nH]c(N)nc54)O[C@@H]3CO)N3CCCC3)O2)c(=O)[nH]1. The quantitative estimate of drug-likeness (QED) is 0.0225. The van der Waals surface area contributed by atoms with Gasteiger partial charge in [-0.3, -0.25) is 103 Å². The maximum atomic E-state index is 14.4. The van der Waals surface area contributed by atoms with Gasteiger partial charge in [-0.2, -0.15) is 15.0 Å². The minimum atomic E-state index is -4.04. The number of hydrogen-bond donors (Lipinski definition) is 15. The Morgan fingerprint density at radius 1 is 0.409 bits per heavy atom. The summed E-state index contributed by atoms with van der Waals surface area (Å²) in [6.45, 7) is 3.46. The number of hydrogen-bond acceptors (Lipinski definition) is 42. The number of aliphatic hydroxyl groups excluding tert-OH is 6. The van der Waals surface area contributed by atoms with Crippen LogP contribution in [0.5, 0.6) is 0 Å². The van der Waals surface area contributed by atoms with E-state index in [-0.39, 0.29) is 109 Å². The first-order valence-corrected chi connectivity index (χ1v) is 46.9. The summed E-state index contributed by atoms with van der Waals surface area (Å²) in [5.41, 5.74) is 21.2. The van der Waals surface area contributed by atoms with Crippen molar-refractivity contribution in [2.45, 2.75) is 201 Å². The van der Waals surface area contributed by atoms with Gasteiger partial charge >= 0.3 is 34.6 Å². The molecule has 0 aromatic carbocycles. The molecular formula is C73H100N27O29P3. The van der Waals surface area contributed by atoms with E-state index in [0.29, 0.717) is 61.6 Å². The molecule has 0 spiro atoms. The van der Waals surface area contributed by atoms with Crippen LogP contribution in [0.2, 0.25) is 0 Å². The number of methoxy groups -OCH3 is 1. The highest BCUT2D eigenvalue weighted by molar-refractivity contribution is 7.51. The lowest BCUT2D eigenvalue weighted by atomic mass is 10.1. The van der Waals surface area contributed by atoms with Crippen LogP contribution in [-0.2, 0) is 74.0 Å². The van der Waals surface area contributed by atoms with Gasteiger partial charge in [0.15, 0.2) is 51.2 Å². The number of imidazole rings is 4. The van der Waals surface area contributed by atoms with E-state index < -0.39 is 199 Å². The summed E-state index contributed by atoms with van der Waals surface area (Å²) in [6.07, 6.45) is -2.58. The number of nitrogens with zero attached hydrogens (tertiary/aromatic N) is 18. The highest BCUT2D eigenvalue weighted by Crippen LogP contribution is 2.60. The van der Waals surface area contributed by atoms with E-state index in [4.69, 9.17) is 83.2 Å². The van der Waals surface area contributed by atoms with Crippen molar-refractivity contribution in [3.8, 4) is 0 Å². The Morgan fingerprint density at radius 2 is 0.742 bits per heavy atom. The van der Waals surface area contributed by atoms with E-state index in [1.54, 1.807) is 32.4 Å². The summed E-state index contributed by atoms with van der Waals surface area (Å²) in [5, 5.41) is 62.9. The van der Waals surface area contributed by atoms with Crippen LogP contribution in [-0.4, -0.2) is 307 Å². The highest BCUT2D eigenvalue weighted by Gasteiger charge is 2.53. The van der Waals surface area contributed by atoms with Gasteiger partial charge in [0.05, 0.1) is 77.2 Å². The minimum Gasteiger partial charge on any atom is -0.394 e. The number of H-pyrrole nitrogens is 5. The molecule has 22 atom stereocenters. The lowest BCUT2D eigenvalue weighted by molar-refractivity contribution is -0.0614. The summed E-state index contributed by atoms with van der Waals surface area (Å²) in [4.78, 5) is 134. The van der Waals surface area contributed by atoms with E-state index in [9.17, 15) is 77.9 Å². The second-order valence-electron chi connectivity index (χ2n) is 32.8. The number of ether oxygens (including phenoxy) is 7. The number of aromatic amines is 5. The second kappa shape index (κ2) is 38.8. The lowest BCUT2D eigenvalue weighted by Crippen LogP contribution is -2.36. The Morgan fingerprint density at radius 3 is 1.11 bits per heavy atom. The fourth-order valence-corrected chi connectivity index (χ4v) is 23.4. The summed E-state index contributed by atoms with van der Waals surface area (Å²) >= 11 is 0. The molecule has 0 radical (unpaired) electrons. The predicted molar refractivity (Wildman–Crippen MR) is 454 cm³/mol. The molecule has 0 amide bonds. The normalized spacial score (nSPS) is 29.7. The molecule has 10 aromatic rings. The van der Waals surface area contributed by atoms with Gasteiger partial charge < -0.3 is 86.7 Å². The Bertz CT molecular complexity index is 6460. The van der Waals surface area contributed by atoms with Gasteiger partial charge in [-0.05, 0) is 52.4 Å². The monoisotopic (exact) mass is 1910 g/mol. The van der Waals surface area contributed by atoms with Gasteiger partial charge in [0, 0.05) is 102 Å². The molecule has 4 unspecified atom stereocenters. The van der Waals surface area contributed by atoms with E-state index in [2.05, 4.69) is 69.8 Å². The number of nitrogens with two attached hydrogens (primary N) is 4. The molecule has 10 aromatic heterocycles. The molecule has 716 valence electrons. The van der Waals surface area contributed by atoms with Gasteiger partial charge in [0.2, 0.25) is 17.8 Å². The van der Waals surface area contributed by atoms with Crippen molar-refractivity contribution in [2.24, 2.45) is 0 Å². The number of nitrogen functional groups attached to an aromatic ring is 4. The number of rotatable bonds is 28. The Labute approximate surface area is 742 Å². The van der Waals surface area contributed by atoms with Crippen LogP contribution in [0.1, 0.15) is 119 Å². The van der Waals surface area contributed by atoms with Crippen LogP contribution >= 0.6 is 23.2 Å². The zero-order chi connectivity index (χ0) is 93.1. The zero-order valence-corrected chi connectivity index (χ0v) is 73.7. The molecule has 0 bridgehead atoms. The van der Waals surface area contributed by atoms with E-state index in [0.717, 1.165) is 38.5 Å². The van der Waals surface area contributed by atoms with Gasteiger partial charge in [0.25, 0.3) is 27.8 Å². The lowest BCUT2D eigenvalue weighted by Gasteiger charge is -2.31. The van der Waals surface area contributed by atoms with Crippen molar-refractivity contribution in [2.75, 3.05) is 109 Å². The number of aryl methyl sites for hydroxylation is 2. The van der Waals surface area contributed by atoms with Gasteiger partial charge in [-0.1, -0.05) is 0 Å². The Hall–Kier alpha value is -10.0. The third kappa shape index (κ3) is 18.9. The third-order valence-electron chi connectivity index (χ3n) is 24.2. The molecule has 9 aliphatic heterocycles. The largest absolute Gasteiger partial charge is 0.408 e. The molecule has 19 N–H and O–H groups in total.